The second kappa shape index (κ2) is 22.3. The number of hydrogen-bond donors (Lipinski definition) is 4. The lowest BCUT2D eigenvalue weighted by Gasteiger charge is -2.17. The molecule has 3 aromatic rings. The van der Waals surface area contributed by atoms with Crippen LogP contribution in [0.5, 0.6) is 0 Å². The van der Waals surface area contributed by atoms with E-state index in [1.54, 1.807) is 24.3 Å². The zero-order chi connectivity index (χ0) is 45.2. The number of halogens is 12. The molecule has 0 radical (unpaired) electrons. The highest BCUT2D eigenvalue weighted by molar-refractivity contribution is 6.29. The first-order valence-electron chi connectivity index (χ1n) is 14.5. The van der Waals surface area contributed by atoms with Crippen molar-refractivity contribution in [2.24, 2.45) is 0 Å². The molecule has 58 heavy (non-hydrogen) atoms. The van der Waals surface area contributed by atoms with E-state index >= 15 is 0 Å². The van der Waals surface area contributed by atoms with E-state index in [1.165, 1.54) is 19.2 Å². The topological polar surface area (TPSA) is 259 Å². The summed E-state index contributed by atoms with van der Waals surface area (Å²) in [5.41, 5.74) is -0.262. The predicted molar refractivity (Wildman–Crippen MR) is 167 cm³/mol. The molecule has 0 aliphatic carbocycles. The fraction of sp³-hybridized carbons (Fsp3) is 0.310. The van der Waals surface area contributed by atoms with Crippen molar-refractivity contribution in [3.05, 3.63) is 92.4 Å². The molecule has 29 heteroatoms. The number of carbonyl (C=O) groups excluding carboxylic acids is 4. The van der Waals surface area contributed by atoms with Crippen LogP contribution >= 0.6 is 11.6 Å². The fourth-order valence-corrected chi connectivity index (χ4v) is 3.45. The van der Waals surface area contributed by atoms with Gasteiger partial charge in [-0.3, -0.25) is 14.2 Å². The van der Waals surface area contributed by atoms with Crippen LogP contribution in [0.3, 0.4) is 0 Å². The molecule has 0 saturated heterocycles. The van der Waals surface area contributed by atoms with Crippen molar-refractivity contribution in [2.75, 3.05) is 19.0 Å². The van der Waals surface area contributed by atoms with Gasteiger partial charge in [0, 0.05) is 25.2 Å². The van der Waals surface area contributed by atoms with E-state index in [4.69, 9.17) is 41.3 Å². The maximum atomic E-state index is 14.5. The summed E-state index contributed by atoms with van der Waals surface area (Å²) in [6.45, 7) is -1.35. The maximum Gasteiger partial charge on any atom is 1.00 e. The Morgan fingerprint density at radius 1 is 0.845 bits per heavy atom. The summed E-state index contributed by atoms with van der Waals surface area (Å²) in [6.07, 6.45) is -14.1. The third-order valence-corrected chi connectivity index (χ3v) is 6.19. The van der Waals surface area contributed by atoms with Crippen LogP contribution in [-0.4, -0.2) is 76.7 Å². The number of nitrogens with zero attached hydrogens (tertiary/aromatic N) is 3. The molecule has 3 rings (SSSR count). The number of rotatable bonds is 10. The Balaban J connectivity index is -0.00000116. The molecule has 0 spiro atoms. The van der Waals surface area contributed by atoms with Crippen molar-refractivity contribution in [3.63, 3.8) is 0 Å². The van der Waals surface area contributed by atoms with Gasteiger partial charge in [0.25, 0.3) is 11.3 Å². The Kier molecular flexibility index (Phi) is 19.8. The first-order valence-corrected chi connectivity index (χ1v) is 14.9. The van der Waals surface area contributed by atoms with Gasteiger partial charge in [0.2, 0.25) is 5.91 Å². The maximum absolute atomic E-state index is 14.5. The molecule has 0 aliphatic heterocycles. The Bertz CT molecular complexity index is 1900. The number of nitrogens with one attached hydrogen (secondary N) is 3. The van der Waals surface area contributed by atoms with Gasteiger partial charge < -0.3 is 50.8 Å². The lowest BCUT2D eigenvalue weighted by Crippen LogP contribution is -2.41. The standard InChI is InChI=1S/C23H23ClF2N6O5.3C2HF3O2/c1-37-22(35)29-11-16-7-3-2-6-15(16)10-27-19(33)13-31-18(24)12-28-20(21(31)34)30-14-23(25,26)17-8-4-5-9-32(17)36;3*3-2(4,5)1(6)7/h2-9,12H,10-11,13-14H2,1H3,(H,27,33)(H,28,30)(H,29,35);3*(H,6,7). The van der Waals surface area contributed by atoms with Crippen LogP contribution < -0.4 is 36.5 Å². The van der Waals surface area contributed by atoms with Gasteiger partial charge in [-0.25, -0.2) is 14.6 Å². The molecule has 2 heterocycles. The lowest BCUT2D eigenvalue weighted by atomic mass is 10.1. The van der Waals surface area contributed by atoms with Crippen LogP contribution in [0, 0.1) is 5.21 Å². The number of alkyl carbamates (subject to hydrolysis) is 1. The van der Waals surface area contributed by atoms with Gasteiger partial charge >= 0.3 is 39.4 Å². The third kappa shape index (κ3) is 18.9. The molecule has 0 saturated carbocycles. The molecule has 2 aromatic heterocycles. The Hall–Kier alpha value is -6.48. The molecular weight excluding hydrogens is 853 g/mol. The van der Waals surface area contributed by atoms with Crippen LogP contribution in [0.15, 0.2) is 59.7 Å². The van der Waals surface area contributed by atoms with Gasteiger partial charge in [-0.2, -0.15) is 53.0 Å². The van der Waals surface area contributed by atoms with Crippen molar-refractivity contribution < 1.29 is 99.9 Å². The molecule has 322 valence electrons. The van der Waals surface area contributed by atoms with Gasteiger partial charge in [-0.05, 0) is 17.2 Å². The summed E-state index contributed by atoms with van der Waals surface area (Å²) in [6, 6.07) is 10.6. The summed E-state index contributed by atoms with van der Waals surface area (Å²) >= 11 is 6.03. The van der Waals surface area contributed by atoms with E-state index in [0.717, 1.165) is 28.6 Å². The number of pyridine rings is 1. The smallest absolute Gasteiger partial charge is 0.618 e. The third-order valence-electron chi connectivity index (χ3n) is 5.89. The normalized spacial score (nSPS) is 11.1. The Labute approximate surface area is 323 Å². The van der Waals surface area contributed by atoms with Crippen molar-refractivity contribution in [3.8, 4) is 0 Å². The molecule has 0 atom stereocenters. The van der Waals surface area contributed by atoms with Gasteiger partial charge in [0.05, 0.1) is 19.9 Å². The fourth-order valence-electron chi connectivity index (χ4n) is 3.27. The van der Waals surface area contributed by atoms with Crippen LogP contribution in [0.4, 0.5) is 58.9 Å². The second-order valence-corrected chi connectivity index (χ2v) is 10.4. The van der Waals surface area contributed by atoms with Crippen molar-refractivity contribution in [1.82, 2.24) is 20.2 Å². The highest BCUT2D eigenvalue weighted by Gasteiger charge is 2.40. The van der Waals surface area contributed by atoms with E-state index in [2.05, 4.69) is 25.7 Å². The molecule has 4 N–H and O–H groups in total. The summed E-state index contributed by atoms with van der Waals surface area (Å²) in [7, 11) is 1.24. The van der Waals surface area contributed by atoms with Crippen LogP contribution in [0.1, 0.15) is 19.7 Å². The number of methoxy groups -OCH3 is 1. The minimum absolute atomic E-state index is 0. The average Bonchev–Trinajstić information content (AvgIpc) is 3.11. The highest BCUT2D eigenvalue weighted by atomic mass is 35.5. The SMILES string of the molecule is COC(=O)NCc1ccccc1CNC(=O)Cn1c(Cl)cnc(NCC(F)(F)c2cccc[n+]2[O-])c1=O.O=C(O)C(F)(F)F.O=C([O-])C(F)(F)F.O=C([O-])C(F)(F)F.[H+].[H+]. The number of anilines is 1. The molecular formula is C29H26ClF11N6O11. The number of alkyl halides is 11. The van der Waals surface area contributed by atoms with Gasteiger partial charge in [-0.1, -0.05) is 35.9 Å². The Morgan fingerprint density at radius 3 is 1.71 bits per heavy atom. The quantitative estimate of drug-likeness (QED) is 0.128. The second-order valence-electron chi connectivity index (χ2n) is 10.1. The van der Waals surface area contributed by atoms with Gasteiger partial charge in [0.15, 0.2) is 12.0 Å². The molecule has 0 unspecified atom stereocenters. The molecule has 0 fully saturated rings. The number of aromatic nitrogens is 3. The first kappa shape index (κ1) is 51.5. The summed E-state index contributed by atoms with van der Waals surface area (Å²) in [5, 5.41) is 43.6. The molecule has 0 bridgehead atoms. The van der Waals surface area contributed by atoms with Crippen molar-refractivity contribution in [1.29, 1.82) is 0 Å². The lowest BCUT2D eigenvalue weighted by molar-refractivity contribution is -0.624. The van der Waals surface area contributed by atoms with Gasteiger partial charge in [0.1, 0.15) is 23.6 Å². The van der Waals surface area contributed by atoms with Crippen LogP contribution in [0.25, 0.3) is 0 Å². The number of aliphatic carboxylic acids is 3. The number of ether oxygens (including phenoxy) is 1. The van der Waals surface area contributed by atoms with E-state index in [9.17, 15) is 67.9 Å². The number of benzene rings is 1. The average molecular weight is 879 g/mol. The molecule has 1 aromatic carbocycles. The van der Waals surface area contributed by atoms with E-state index in [0.29, 0.717) is 5.56 Å². The van der Waals surface area contributed by atoms with Gasteiger partial charge in [-0.15, -0.1) is 0 Å². The zero-order valence-electron chi connectivity index (χ0n) is 30.4. The van der Waals surface area contributed by atoms with E-state index in [1.807, 2.05) is 0 Å². The molecule has 17 nitrogen and oxygen atoms in total. The number of carboxylic acid groups (broad SMARTS) is 3. The minimum Gasteiger partial charge on any atom is -0.618 e. The Morgan fingerprint density at radius 2 is 1.29 bits per heavy atom. The first-order chi connectivity index (χ1) is 26.4. The minimum atomic E-state index is -5.19. The van der Waals surface area contributed by atoms with Crippen molar-refractivity contribution in [2.45, 2.75) is 44.1 Å². The summed E-state index contributed by atoms with van der Waals surface area (Å²) in [5.74, 6) is -13.4. The number of amides is 2. The summed E-state index contributed by atoms with van der Waals surface area (Å²) in [4.78, 5) is 66.8. The van der Waals surface area contributed by atoms with Crippen LogP contribution in [0.2, 0.25) is 5.15 Å². The largest absolute Gasteiger partial charge is 1.00 e. The van der Waals surface area contributed by atoms with E-state index < -0.39 is 84.5 Å². The summed E-state index contributed by atoms with van der Waals surface area (Å²) < 4.78 is 129. The van der Waals surface area contributed by atoms with E-state index in [-0.39, 0.29) is 25.8 Å². The zero-order valence-corrected chi connectivity index (χ0v) is 29.2. The molecule has 0 aliphatic rings. The number of hydrogen-bond acceptors (Lipinski definition) is 12. The van der Waals surface area contributed by atoms with Crippen LogP contribution in [-0.2, 0) is 49.5 Å². The molecule has 2 amide bonds. The number of carbonyl (C=O) groups is 5. The van der Waals surface area contributed by atoms with Crippen molar-refractivity contribution >= 4 is 47.3 Å². The highest BCUT2D eigenvalue weighted by Crippen LogP contribution is 2.25. The number of carboxylic acids is 3. The predicted octanol–water partition coefficient (Wildman–Crippen LogP) is 1.36. The monoisotopic (exact) mass is 878 g/mol.